The number of benzene rings is 1. The Hall–Kier alpha value is -2.63. The molecule has 1 aromatic carbocycles. The van der Waals surface area contributed by atoms with Gasteiger partial charge < -0.3 is 10.1 Å². The number of nitro groups is 1. The lowest BCUT2D eigenvalue weighted by atomic mass is 10.1. The number of nitro benzene ring substituents is 1. The predicted octanol–water partition coefficient (Wildman–Crippen LogP) is 3.17. The molecular weight excluding hydrogens is 270 g/mol. The first-order valence-corrected chi connectivity index (χ1v) is 6.64. The average Bonchev–Trinajstić information content (AvgIpc) is 2.52. The van der Waals surface area contributed by atoms with Gasteiger partial charge in [0.2, 0.25) is 0 Å². The third-order valence-electron chi connectivity index (χ3n) is 3.20. The van der Waals surface area contributed by atoms with E-state index in [1.807, 2.05) is 12.1 Å². The van der Waals surface area contributed by atoms with Gasteiger partial charge in [0.25, 0.3) is 0 Å². The lowest BCUT2D eigenvalue weighted by Gasteiger charge is -2.10. The molecule has 0 saturated carbocycles. The number of hydrogen-bond acceptors (Lipinski definition) is 5. The van der Waals surface area contributed by atoms with Crippen LogP contribution in [-0.2, 0) is 13.0 Å². The Balaban J connectivity index is 2.15. The Kier molecular flexibility index (Phi) is 4.71. The molecule has 0 atom stereocenters. The Labute approximate surface area is 122 Å². The second-order valence-electron chi connectivity index (χ2n) is 4.46. The van der Waals surface area contributed by atoms with E-state index >= 15 is 0 Å². The number of nitrogens with zero attached hydrogens (tertiary/aromatic N) is 2. The molecular formula is C15H17N3O3. The molecule has 0 aliphatic heterocycles. The number of aryl methyl sites for hydroxylation is 1. The van der Waals surface area contributed by atoms with E-state index in [1.165, 1.54) is 18.7 Å². The Morgan fingerprint density at radius 1 is 1.38 bits per heavy atom. The van der Waals surface area contributed by atoms with Gasteiger partial charge in [0, 0.05) is 24.0 Å². The van der Waals surface area contributed by atoms with E-state index in [0.29, 0.717) is 6.54 Å². The molecule has 2 rings (SSSR count). The summed E-state index contributed by atoms with van der Waals surface area (Å²) in [5, 5.41) is 14.1. The zero-order valence-corrected chi connectivity index (χ0v) is 12.0. The van der Waals surface area contributed by atoms with Crippen LogP contribution in [0.2, 0.25) is 0 Å². The number of ether oxygens (including phenoxy) is 1. The number of hydrogen-bond donors (Lipinski definition) is 1. The third-order valence-corrected chi connectivity index (χ3v) is 3.20. The fourth-order valence-electron chi connectivity index (χ4n) is 2.08. The number of pyridine rings is 1. The van der Waals surface area contributed by atoms with Crippen molar-refractivity contribution in [2.45, 2.75) is 19.9 Å². The molecule has 1 N–H and O–H groups in total. The van der Waals surface area contributed by atoms with Gasteiger partial charge in [-0.25, -0.2) is 0 Å². The minimum atomic E-state index is -0.462. The highest BCUT2D eigenvalue weighted by Crippen LogP contribution is 2.29. The van der Waals surface area contributed by atoms with Crippen molar-refractivity contribution in [2.75, 3.05) is 12.4 Å². The second kappa shape index (κ2) is 6.69. The first-order valence-electron chi connectivity index (χ1n) is 6.64. The van der Waals surface area contributed by atoms with E-state index in [1.54, 1.807) is 18.3 Å². The molecule has 0 spiro atoms. The summed E-state index contributed by atoms with van der Waals surface area (Å²) in [5.74, 6) is 0.238. The van der Waals surface area contributed by atoms with E-state index in [9.17, 15) is 10.1 Å². The van der Waals surface area contributed by atoms with Gasteiger partial charge in [0.15, 0.2) is 5.75 Å². The van der Waals surface area contributed by atoms with Crippen molar-refractivity contribution in [3.63, 3.8) is 0 Å². The lowest BCUT2D eigenvalue weighted by Crippen LogP contribution is -2.05. The number of aromatic nitrogens is 1. The summed E-state index contributed by atoms with van der Waals surface area (Å²) < 4.78 is 5.05. The molecule has 0 aliphatic carbocycles. The molecule has 0 saturated heterocycles. The van der Waals surface area contributed by atoms with E-state index < -0.39 is 4.92 Å². The van der Waals surface area contributed by atoms with Crippen LogP contribution >= 0.6 is 0 Å². The van der Waals surface area contributed by atoms with Crippen LogP contribution in [0.3, 0.4) is 0 Å². The van der Waals surface area contributed by atoms with Crippen molar-refractivity contribution >= 4 is 11.4 Å². The van der Waals surface area contributed by atoms with Crippen LogP contribution in [-0.4, -0.2) is 17.0 Å². The molecule has 1 heterocycles. The standard InChI is InChI=1S/C15H17N3O3/c1-3-11-5-4-8-16-13(11)10-17-12-6-7-14(18(19)20)15(9-12)21-2/h4-9,17H,3,10H2,1-2H3. The average molecular weight is 287 g/mol. The van der Waals surface area contributed by atoms with E-state index in [4.69, 9.17) is 4.74 Å². The molecule has 6 nitrogen and oxygen atoms in total. The molecule has 0 amide bonds. The summed E-state index contributed by atoms with van der Waals surface area (Å²) in [4.78, 5) is 14.7. The van der Waals surface area contributed by atoms with E-state index in [0.717, 1.165) is 17.8 Å². The van der Waals surface area contributed by atoms with E-state index in [-0.39, 0.29) is 11.4 Å². The van der Waals surface area contributed by atoms with Crippen molar-refractivity contribution < 1.29 is 9.66 Å². The minimum absolute atomic E-state index is 0.0462. The van der Waals surface area contributed by atoms with Crippen LogP contribution < -0.4 is 10.1 Å². The maximum Gasteiger partial charge on any atom is 0.311 e. The molecule has 21 heavy (non-hydrogen) atoms. The highest BCUT2D eigenvalue weighted by molar-refractivity contribution is 5.58. The maximum absolute atomic E-state index is 10.8. The normalized spacial score (nSPS) is 10.2. The second-order valence-corrected chi connectivity index (χ2v) is 4.46. The summed E-state index contributed by atoms with van der Waals surface area (Å²) in [6.45, 7) is 2.64. The van der Waals surface area contributed by atoms with Crippen LogP contribution in [0, 0.1) is 10.1 Å². The molecule has 110 valence electrons. The summed E-state index contributed by atoms with van der Waals surface area (Å²) in [5.41, 5.74) is 2.86. The fraction of sp³-hybridized carbons (Fsp3) is 0.267. The molecule has 0 bridgehead atoms. The van der Waals surface area contributed by atoms with Gasteiger partial charge in [-0.3, -0.25) is 15.1 Å². The van der Waals surface area contributed by atoms with Gasteiger partial charge in [-0.1, -0.05) is 13.0 Å². The molecule has 2 aromatic rings. The summed E-state index contributed by atoms with van der Waals surface area (Å²) in [6, 6.07) is 8.67. The number of rotatable bonds is 6. The Morgan fingerprint density at radius 3 is 2.86 bits per heavy atom. The highest BCUT2D eigenvalue weighted by Gasteiger charge is 2.14. The van der Waals surface area contributed by atoms with E-state index in [2.05, 4.69) is 17.2 Å². The van der Waals surface area contributed by atoms with Crippen molar-refractivity contribution in [3.8, 4) is 5.75 Å². The molecule has 0 fully saturated rings. The van der Waals surface area contributed by atoms with Crippen LogP contribution in [0.1, 0.15) is 18.2 Å². The monoisotopic (exact) mass is 287 g/mol. The van der Waals surface area contributed by atoms with Crippen LogP contribution in [0.15, 0.2) is 36.5 Å². The number of nitrogens with one attached hydrogen (secondary N) is 1. The molecule has 0 aliphatic rings. The zero-order chi connectivity index (χ0) is 15.2. The van der Waals surface area contributed by atoms with Crippen molar-refractivity contribution in [2.24, 2.45) is 0 Å². The van der Waals surface area contributed by atoms with Gasteiger partial charge in [0.1, 0.15) is 0 Å². The summed E-state index contributed by atoms with van der Waals surface area (Å²) >= 11 is 0. The smallest absolute Gasteiger partial charge is 0.311 e. The van der Waals surface area contributed by atoms with Crippen molar-refractivity contribution in [1.29, 1.82) is 0 Å². The van der Waals surface area contributed by atoms with Crippen LogP contribution in [0.25, 0.3) is 0 Å². The Morgan fingerprint density at radius 2 is 2.19 bits per heavy atom. The topological polar surface area (TPSA) is 77.3 Å². The molecule has 6 heteroatoms. The zero-order valence-electron chi connectivity index (χ0n) is 12.0. The first kappa shape index (κ1) is 14.8. The summed E-state index contributed by atoms with van der Waals surface area (Å²) in [6.07, 6.45) is 2.67. The third kappa shape index (κ3) is 3.47. The first-order chi connectivity index (χ1) is 10.2. The number of anilines is 1. The summed E-state index contributed by atoms with van der Waals surface area (Å²) in [7, 11) is 1.42. The highest BCUT2D eigenvalue weighted by atomic mass is 16.6. The largest absolute Gasteiger partial charge is 0.490 e. The quantitative estimate of drug-likeness (QED) is 0.652. The molecule has 1 aromatic heterocycles. The molecule has 0 radical (unpaired) electrons. The lowest BCUT2D eigenvalue weighted by molar-refractivity contribution is -0.385. The van der Waals surface area contributed by atoms with Gasteiger partial charge in [-0.05, 0) is 24.1 Å². The fourth-order valence-corrected chi connectivity index (χ4v) is 2.08. The predicted molar refractivity (Wildman–Crippen MR) is 80.6 cm³/mol. The Bertz CT molecular complexity index is 644. The SMILES string of the molecule is CCc1cccnc1CNc1ccc([N+](=O)[O-])c(OC)c1. The van der Waals surface area contributed by atoms with Crippen LogP contribution in [0.5, 0.6) is 5.75 Å². The van der Waals surface area contributed by atoms with Crippen molar-refractivity contribution in [3.05, 3.63) is 57.9 Å². The van der Waals surface area contributed by atoms with Gasteiger partial charge in [-0.2, -0.15) is 0 Å². The van der Waals surface area contributed by atoms with Gasteiger partial charge in [0.05, 0.1) is 24.3 Å². The van der Waals surface area contributed by atoms with Gasteiger partial charge >= 0.3 is 5.69 Å². The van der Waals surface area contributed by atoms with Crippen LogP contribution in [0.4, 0.5) is 11.4 Å². The van der Waals surface area contributed by atoms with Gasteiger partial charge in [-0.15, -0.1) is 0 Å². The molecule has 0 unspecified atom stereocenters. The maximum atomic E-state index is 10.8. The minimum Gasteiger partial charge on any atom is -0.490 e. The van der Waals surface area contributed by atoms with Crippen molar-refractivity contribution in [1.82, 2.24) is 4.98 Å². The number of methoxy groups -OCH3 is 1.